The average Bonchev–Trinajstić information content (AvgIpc) is 3.06. The van der Waals surface area contributed by atoms with Gasteiger partial charge in [-0.3, -0.25) is 14.7 Å². The number of thioether (sulfide) groups is 1. The van der Waals surface area contributed by atoms with Crippen molar-refractivity contribution in [1.29, 1.82) is 0 Å². The minimum atomic E-state index is -0.303. The first-order chi connectivity index (χ1) is 10.5. The fourth-order valence-electron chi connectivity index (χ4n) is 1.64. The van der Waals surface area contributed by atoms with Crippen molar-refractivity contribution in [3.63, 3.8) is 0 Å². The molecule has 120 valence electrons. The Morgan fingerprint density at radius 1 is 1.45 bits per heavy atom. The van der Waals surface area contributed by atoms with Gasteiger partial charge in [0.25, 0.3) is 0 Å². The molecule has 22 heavy (non-hydrogen) atoms. The van der Waals surface area contributed by atoms with Gasteiger partial charge in [-0.05, 0) is 6.42 Å². The Bertz CT molecular complexity index is 689. The lowest BCUT2D eigenvalue weighted by atomic mass is 10.2. The lowest BCUT2D eigenvalue weighted by Gasteiger charge is -2.03. The number of hydrogen-bond acceptors (Lipinski definition) is 7. The third-order valence-electron chi connectivity index (χ3n) is 2.68. The lowest BCUT2D eigenvalue weighted by Crippen LogP contribution is -2.18. The van der Waals surface area contributed by atoms with Gasteiger partial charge in [-0.15, -0.1) is 10.2 Å². The second-order valence-electron chi connectivity index (χ2n) is 4.90. The number of aromatic amines is 1. The van der Waals surface area contributed by atoms with Crippen LogP contribution < -0.4 is 11.0 Å². The molecule has 0 fully saturated rings. The van der Waals surface area contributed by atoms with Crippen molar-refractivity contribution in [2.24, 2.45) is 0 Å². The molecule has 0 spiro atoms. The fraction of sp³-hybridized carbons (Fsp3) is 0.583. The molecule has 0 atom stereocenters. The number of carbonyl (C=O) groups is 1. The van der Waals surface area contributed by atoms with Gasteiger partial charge < -0.3 is 4.42 Å². The number of nitrogens with one attached hydrogen (secondary N) is 2. The molecular weight excluding hydrogens is 308 g/mol. The van der Waals surface area contributed by atoms with Crippen molar-refractivity contribution in [2.75, 3.05) is 11.1 Å². The SMILES string of the molecule is CCCn1c(SCC(=O)Nc2nnc(C(C)C)o2)n[nH]c1=O. The van der Waals surface area contributed by atoms with E-state index in [4.69, 9.17) is 4.42 Å². The van der Waals surface area contributed by atoms with Crippen LogP contribution in [0, 0.1) is 0 Å². The summed E-state index contributed by atoms with van der Waals surface area (Å²) in [5, 5.41) is 16.9. The molecule has 0 aromatic carbocycles. The molecule has 0 saturated carbocycles. The zero-order valence-corrected chi connectivity index (χ0v) is 13.4. The quantitative estimate of drug-likeness (QED) is 0.734. The highest BCUT2D eigenvalue weighted by molar-refractivity contribution is 7.99. The minimum Gasteiger partial charge on any atom is -0.408 e. The monoisotopic (exact) mass is 326 g/mol. The van der Waals surface area contributed by atoms with Crippen LogP contribution in [0.3, 0.4) is 0 Å². The summed E-state index contributed by atoms with van der Waals surface area (Å²) in [6, 6.07) is 0.0716. The predicted molar refractivity (Wildman–Crippen MR) is 80.9 cm³/mol. The molecule has 2 N–H and O–H groups in total. The van der Waals surface area contributed by atoms with Crippen molar-refractivity contribution in [3.8, 4) is 0 Å². The average molecular weight is 326 g/mol. The van der Waals surface area contributed by atoms with Crippen LogP contribution in [-0.4, -0.2) is 36.6 Å². The van der Waals surface area contributed by atoms with Gasteiger partial charge in [0.2, 0.25) is 11.8 Å². The summed E-state index contributed by atoms with van der Waals surface area (Å²) in [7, 11) is 0. The van der Waals surface area contributed by atoms with E-state index >= 15 is 0 Å². The van der Waals surface area contributed by atoms with Crippen LogP contribution in [0.5, 0.6) is 0 Å². The summed E-state index contributed by atoms with van der Waals surface area (Å²) in [6.07, 6.45) is 0.805. The summed E-state index contributed by atoms with van der Waals surface area (Å²) in [6.45, 7) is 6.35. The van der Waals surface area contributed by atoms with Gasteiger partial charge in [0.1, 0.15) is 0 Å². The maximum absolute atomic E-state index is 11.9. The Kier molecular flexibility index (Phi) is 5.36. The Balaban J connectivity index is 1.91. The highest BCUT2D eigenvalue weighted by atomic mass is 32.2. The van der Waals surface area contributed by atoms with Crippen LogP contribution in [0.2, 0.25) is 0 Å². The number of hydrogen-bond donors (Lipinski definition) is 2. The van der Waals surface area contributed by atoms with Crippen LogP contribution >= 0.6 is 11.8 Å². The summed E-state index contributed by atoms with van der Waals surface area (Å²) >= 11 is 1.17. The number of carbonyl (C=O) groups excluding carboxylic acids is 1. The van der Waals surface area contributed by atoms with E-state index in [1.165, 1.54) is 16.3 Å². The first-order valence-electron chi connectivity index (χ1n) is 6.92. The van der Waals surface area contributed by atoms with Crippen LogP contribution in [0.1, 0.15) is 39.0 Å². The van der Waals surface area contributed by atoms with Gasteiger partial charge in [-0.25, -0.2) is 9.89 Å². The zero-order chi connectivity index (χ0) is 16.1. The first kappa shape index (κ1) is 16.3. The molecule has 1 amide bonds. The van der Waals surface area contributed by atoms with E-state index in [2.05, 4.69) is 25.7 Å². The van der Waals surface area contributed by atoms with Crippen LogP contribution in [0.15, 0.2) is 14.4 Å². The van der Waals surface area contributed by atoms with Gasteiger partial charge in [0.15, 0.2) is 5.16 Å². The Morgan fingerprint density at radius 2 is 2.23 bits per heavy atom. The number of H-pyrrole nitrogens is 1. The van der Waals surface area contributed by atoms with Gasteiger partial charge >= 0.3 is 11.7 Å². The Labute approximate surface area is 130 Å². The summed E-state index contributed by atoms with van der Waals surface area (Å²) < 4.78 is 6.80. The third kappa shape index (κ3) is 3.97. The van der Waals surface area contributed by atoms with Gasteiger partial charge in [-0.1, -0.05) is 37.6 Å². The van der Waals surface area contributed by atoms with E-state index in [1.807, 2.05) is 20.8 Å². The smallest absolute Gasteiger partial charge is 0.343 e. The van der Waals surface area contributed by atoms with Gasteiger partial charge in [0, 0.05) is 12.5 Å². The first-order valence-corrected chi connectivity index (χ1v) is 7.91. The highest BCUT2D eigenvalue weighted by Gasteiger charge is 2.14. The van der Waals surface area contributed by atoms with Crippen molar-refractivity contribution in [1.82, 2.24) is 25.0 Å². The molecule has 10 heteroatoms. The number of amides is 1. The summed E-state index contributed by atoms with van der Waals surface area (Å²) in [5.74, 6) is 0.350. The highest BCUT2D eigenvalue weighted by Crippen LogP contribution is 2.16. The lowest BCUT2D eigenvalue weighted by molar-refractivity contribution is -0.113. The summed E-state index contributed by atoms with van der Waals surface area (Å²) in [4.78, 5) is 23.4. The number of aromatic nitrogens is 5. The van der Waals surface area contributed by atoms with Crippen LogP contribution in [-0.2, 0) is 11.3 Å². The predicted octanol–water partition coefficient (Wildman–Crippen LogP) is 1.22. The molecule has 0 aliphatic heterocycles. The number of nitrogens with zero attached hydrogens (tertiary/aromatic N) is 4. The van der Waals surface area contributed by atoms with E-state index in [0.717, 1.165) is 6.42 Å². The maximum atomic E-state index is 11.9. The second-order valence-corrected chi connectivity index (χ2v) is 5.84. The van der Waals surface area contributed by atoms with Gasteiger partial charge in [0.05, 0.1) is 5.75 Å². The number of anilines is 1. The molecule has 0 unspecified atom stereocenters. The topological polar surface area (TPSA) is 119 Å². The molecule has 9 nitrogen and oxygen atoms in total. The Morgan fingerprint density at radius 3 is 2.86 bits per heavy atom. The molecule has 2 rings (SSSR count). The van der Waals surface area contributed by atoms with E-state index in [0.29, 0.717) is 17.6 Å². The molecule has 2 aromatic heterocycles. The molecule has 0 aliphatic rings. The third-order valence-corrected chi connectivity index (χ3v) is 3.66. The van der Waals surface area contributed by atoms with Crippen molar-refractivity contribution in [3.05, 3.63) is 16.4 Å². The molecule has 0 bridgehead atoms. The van der Waals surface area contributed by atoms with E-state index < -0.39 is 0 Å². The largest absolute Gasteiger partial charge is 0.408 e. The molecule has 2 heterocycles. The van der Waals surface area contributed by atoms with Gasteiger partial charge in [-0.2, -0.15) is 0 Å². The standard InChI is InChI=1S/C12H18N6O3S/c1-4-5-18-11(20)16-17-12(18)22-6-8(19)13-10-15-14-9(21-10)7(2)3/h7H,4-6H2,1-3H3,(H,16,20)(H,13,15,19). The van der Waals surface area contributed by atoms with E-state index in [1.54, 1.807) is 0 Å². The molecule has 0 aliphatic carbocycles. The Hall–Kier alpha value is -2.10. The molecule has 2 aromatic rings. The molecule has 0 saturated heterocycles. The van der Waals surface area contributed by atoms with E-state index in [-0.39, 0.29) is 29.3 Å². The van der Waals surface area contributed by atoms with Crippen LogP contribution in [0.25, 0.3) is 0 Å². The minimum absolute atomic E-state index is 0.0716. The number of rotatable bonds is 7. The second kappa shape index (κ2) is 7.25. The zero-order valence-electron chi connectivity index (χ0n) is 12.6. The maximum Gasteiger partial charge on any atom is 0.343 e. The van der Waals surface area contributed by atoms with Crippen molar-refractivity contribution < 1.29 is 9.21 Å². The molecular formula is C12H18N6O3S. The van der Waals surface area contributed by atoms with E-state index in [9.17, 15) is 9.59 Å². The normalized spacial score (nSPS) is 11.1. The van der Waals surface area contributed by atoms with Crippen LogP contribution in [0.4, 0.5) is 6.01 Å². The van der Waals surface area contributed by atoms with Crippen molar-refractivity contribution in [2.45, 2.75) is 44.8 Å². The summed E-state index contributed by atoms with van der Waals surface area (Å²) in [5.41, 5.74) is -0.275. The molecule has 0 radical (unpaired) electrons. The van der Waals surface area contributed by atoms with Crippen molar-refractivity contribution >= 4 is 23.7 Å². The fourth-order valence-corrected chi connectivity index (χ4v) is 2.41.